The summed E-state index contributed by atoms with van der Waals surface area (Å²) in [5.41, 5.74) is 0.793. The average molecular weight is 213 g/mol. The Balaban J connectivity index is 2.46. The zero-order valence-corrected chi connectivity index (χ0v) is 8.12. The molecule has 5 heteroatoms. The molecule has 0 aliphatic carbocycles. The number of nitrogens with two attached hydrogens (primary N) is 1. The number of hydrazone groups is 1. The Bertz CT molecular complexity index is 379. The van der Waals surface area contributed by atoms with E-state index in [0.29, 0.717) is 29.7 Å². The van der Waals surface area contributed by atoms with Crippen LogP contribution in [-0.2, 0) is 0 Å². The molecule has 74 valence electrons. The van der Waals surface area contributed by atoms with E-state index < -0.39 is 0 Å². The first-order chi connectivity index (χ1) is 6.81. The number of fused-ring (bicyclic) bond motifs is 1. The second-order valence-corrected chi connectivity index (χ2v) is 3.21. The highest BCUT2D eigenvalue weighted by Gasteiger charge is 2.15. The van der Waals surface area contributed by atoms with Crippen LogP contribution < -0.4 is 15.3 Å². The summed E-state index contributed by atoms with van der Waals surface area (Å²) in [6, 6.07) is 3.52. The van der Waals surface area contributed by atoms with Crippen molar-refractivity contribution in [3.05, 3.63) is 22.7 Å². The van der Waals surface area contributed by atoms with E-state index in [4.69, 9.17) is 26.9 Å². The van der Waals surface area contributed by atoms with Crippen molar-refractivity contribution in [2.45, 2.75) is 0 Å². The summed E-state index contributed by atoms with van der Waals surface area (Å²) in [7, 11) is 0. The molecule has 0 bridgehead atoms. The van der Waals surface area contributed by atoms with Crippen LogP contribution in [0.3, 0.4) is 0 Å². The first-order valence-electron chi connectivity index (χ1n) is 4.13. The predicted molar refractivity (Wildman–Crippen MR) is 54.2 cm³/mol. The van der Waals surface area contributed by atoms with E-state index in [1.54, 1.807) is 12.1 Å². The first kappa shape index (κ1) is 9.15. The molecule has 0 spiro atoms. The highest BCUT2D eigenvalue weighted by atomic mass is 35.5. The minimum absolute atomic E-state index is 0.511. The number of nitrogens with zero attached hydrogens (tertiary/aromatic N) is 1. The lowest BCUT2D eigenvalue weighted by molar-refractivity contribution is 0.171. The molecule has 14 heavy (non-hydrogen) atoms. The molecule has 0 saturated carbocycles. The van der Waals surface area contributed by atoms with Gasteiger partial charge in [-0.3, -0.25) is 0 Å². The maximum absolute atomic E-state index is 5.98. The number of hydrogen-bond acceptors (Lipinski definition) is 4. The van der Waals surface area contributed by atoms with Crippen molar-refractivity contribution in [2.24, 2.45) is 10.9 Å². The Morgan fingerprint density at radius 2 is 2.14 bits per heavy atom. The van der Waals surface area contributed by atoms with Gasteiger partial charge < -0.3 is 15.3 Å². The Kier molecular flexibility index (Phi) is 2.45. The minimum Gasteiger partial charge on any atom is -0.486 e. The second-order valence-electron chi connectivity index (χ2n) is 2.81. The summed E-state index contributed by atoms with van der Waals surface area (Å²) < 4.78 is 10.7. The van der Waals surface area contributed by atoms with Crippen LogP contribution in [-0.4, -0.2) is 19.4 Å². The molecule has 1 aliphatic rings. The topological polar surface area (TPSA) is 56.8 Å². The third-order valence-corrected chi connectivity index (χ3v) is 2.12. The highest BCUT2D eigenvalue weighted by Crippen LogP contribution is 2.37. The molecule has 0 atom stereocenters. The number of ether oxygens (including phenoxy) is 2. The fourth-order valence-electron chi connectivity index (χ4n) is 1.29. The first-order valence-corrected chi connectivity index (χ1v) is 4.51. The molecule has 0 radical (unpaired) electrons. The SMILES string of the molecule is N/N=C\c1cc(Cl)c2c(c1)OCCO2. The van der Waals surface area contributed by atoms with Crippen LogP contribution >= 0.6 is 11.6 Å². The van der Waals surface area contributed by atoms with Gasteiger partial charge in [0.15, 0.2) is 11.5 Å². The van der Waals surface area contributed by atoms with E-state index in [9.17, 15) is 0 Å². The minimum atomic E-state index is 0.511. The van der Waals surface area contributed by atoms with Gasteiger partial charge in [-0.15, -0.1) is 0 Å². The predicted octanol–water partition coefficient (Wildman–Crippen LogP) is 1.40. The molecule has 0 unspecified atom stereocenters. The standard InChI is InChI=1S/C9H9ClN2O2/c10-7-3-6(5-12-11)4-8-9(7)14-2-1-13-8/h3-5H,1-2,11H2/b12-5-. The summed E-state index contributed by atoms with van der Waals surface area (Å²) in [6.45, 7) is 1.06. The van der Waals surface area contributed by atoms with Crippen LogP contribution in [0.2, 0.25) is 5.02 Å². The Morgan fingerprint density at radius 1 is 1.36 bits per heavy atom. The van der Waals surface area contributed by atoms with Crippen LogP contribution in [0.15, 0.2) is 17.2 Å². The monoisotopic (exact) mass is 212 g/mol. The molecule has 1 aromatic rings. The fourth-order valence-corrected chi connectivity index (χ4v) is 1.57. The molecular weight excluding hydrogens is 204 g/mol. The van der Waals surface area contributed by atoms with E-state index in [1.165, 1.54) is 6.21 Å². The third kappa shape index (κ3) is 1.61. The second kappa shape index (κ2) is 3.75. The summed E-state index contributed by atoms with van der Waals surface area (Å²) in [5, 5.41) is 3.93. The molecule has 1 heterocycles. The van der Waals surface area contributed by atoms with E-state index in [1.807, 2.05) is 0 Å². The number of hydrogen-bond donors (Lipinski definition) is 1. The summed E-state index contributed by atoms with van der Waals surface area (Å²) >= 11 is 5.98. The van der Waals surface area contributed by atoms with Crippen molar-refractivity contribution >= 4 is 17.8 Å². The number of halogens is 1. The smallest absolute Gasteiger partial charge is 0.179 e. The van der Waals surface area contributed by atoms with Gasteiger partial charge in [0, 0.05) is 0 Å². The van der Waals surface area contributed by atoms with Gasteiger partial charge in [-0.1, -0.05) is 11.6 Å². The molecule has 4 nitrogen and oxygen atoms in total. The highest BCUT2D eigenvalue weighted by molar-refractivity contribution is 6.32. The van der Waals surface area contributed by atoms with Gasteiger partial charge in [-0.05, 0) is 17.7 Å². The molecular formula is C9H9ClN2O2. The average Bonchev–Trinajstić information content (AvgIpc) is 2.18. The van der Waals surface area contributed by atoms with Crippen molar-refractivity contribution in [1.29, 1.82) is 0 Å². The van der Waals surface area contributed by atoms with Gasteiger partial charge in [0.25, 0.3) is 0 Å². The van der Waals surface area contributed by atoms with Crippen molar-refractivity contribution < 1.29 is 9.47 Å². The van der Waals surface area contributed by atoms with Crippen LogP contribution in [0.1, 0.15) is 5.56 Å². The summed E-state index contributed by atoms with van der Waals surface area (Å²) in [4.78, 5) is 0. The quantitative estimate of drug-likeness (QED) is 0.435. The lowest BCUT2D eigenvalue weighted by atomic mass is 10.2. The van der Waals surface area contributed by atoms with Gasteiger partial charge in [-0.25, -0.2) is 0 Å². The van der Waals surface area contributed by atoms with Gasteiger partial charge in [0.1, 0.15) is 13.2 Å². The Morgan fingerprint density at radius 3 is 2.93 bits per heavy atom. The van der Waals surface area contributed by atoms with E-state index >= 15 is 0 Å². The van der Waals surface area contributed by atoms with Crippen LogP contribution in [0.4, 0.5) is 0 Å². The van der Waals surface area contributed by atoms with E-state index in [-0.39, 0.29) is 0 Å². The molecule has 1 aliphatic heterocycles. The van der Waals surface area contributed by atoms with Crippen molar-refractivity contribution in [3.63, 3.8) is 0 Å². The zero-order chi connectivity index (χ0) is 9.97. The molecule has 0 fully saturated rings. The van der Waals surface area contributed by atoms with Crippen molar-refractivity contribution in [2.75, 3.05) is 13.2 Å². The molecule has 0 saturated heterocycles. The van der Waals surface area contributed by atoms with Gasteiger partial charge in [0.05, 0.1) is 11.2 Å². The molecule has 0 aromatic heterocycles. The molecule has 2 rings (SSSR count). The van der Waals surface area contributed by atoms with Crippen LogP contribution in [0.25, 0.3) is 0 Å². The summed E-state index contributed by atoms with van der Waals surface area (Å²) in [5.74, 6) is 6.27. The fraction of sp³-hybridized carbons (Fsp3) is 0.222. The van der Waals surface area contributed by atoms with Crippen LogP contribution in [0, 0.1) is 0 Å². The Hall–Kier alpha value is -1.42. The van der Waals surface area contributed by atoms with Crippen molar-refractivity contribution in [1.82, 2.24) is 0 Å². The zero-order valence-electron chi connectivity index (χ0n) is 7.37. The largest absolute Gasteiger partial charge is 0.486 e. The van der Waals surface area contributed by atoms with E-state index in [0.717, 1.165) is 5.56 Å². The van der Waals surface area contributed by atoms with E-state index in [2.05, 4.69) is 5.10 Å². The third-order valence-electron chi connectivity index (χ3n) is 1.84. The van der Waals surface area contributed by atoms with Crippen LogP contribution in [0.5, 0.6) is 11.5 Å². The number of benzene rings is 1. The lowest BCUT2D eigenvalue weighted by Crippen LogP contribution is -2.15. The van der Waals surface area contributed by atoms with Gasteiger partial charge in [-0.2, -0.15) is 5.10 Å². The summed E-state index contributed by atoms with van der Waals surface area (Å²) in [6.07, 6.45) is 1.50. The normalized spacial score (nSPS) is 14.6. The van der Waals surface area contributed by atoms with Crippen molar-refractivity contribution in [3.8, 4) is 11.5 Å². The number of rotatable bonds is 1. The molecule has 0 amide bonds. The maximum Gasteiger partial charge on any atom is 0.179 e. The molecule has 1 aromatic carbocycles. The molecule has 2 N–H and O–H groups in total. The maximum atomic E-state index is 5.98. The lowest BCUT2D eigenvalue weighted by Gasteiger charge is -2.19. The Labute approximate surface area is 86.3 Å². The van der Waals surface area contributed by atoms with Gasteiger partial charge in [0.2, 0.25) is 0 Å². The van der Waals surface area contributed by atoms with Gasteiger partial charge >= 0.3 is 0 Å².